The molecular formula is C24H21ClN4O2. The number of anilines is 1. The highest BCUT2D eigenvalue weighted by Crippen LogP contribution is 2.27. The standard InChI is InChI=1S/C24H21ClN4O2/c25-22-15-19(5-10-26-22)29-12-7-18(8-13-29)28-24(30)17-3-1-16(2-4-17)23-20-9-14-31-21(20)6-11-27-23/h1-6,9-11,14-15,18H,7-8,12-13H2,(H,28,30). The van der Waals surface area contributed by atoms with Gasteiger partial charge in [-0.15, -0.1) is 0 Å². The smallest absolute Gasteiger partial charge is 0.251 e. The fraction of sp³-hybridized carbons (Fsp3) is 0.208. The second-order valence-electron chi connectivity index (χ2n) is 7.64. The van der Waals surface area contributed by atoms with Gasteiger partial charge in [0.2, 0.25) is 0 Å². The van der Waals surface area contributed by atoms with Crippen LogP contribution in [0.25, 0.3) is 22.2 Å². The first-order chi connectivity index (χ1) is 15.2. The highest BCUT2D eigenvalue weighted by atomic mass is 35.5. The minimum Gasteiger partial charge on any atom is -0.464 e. The number of amides is 1. The van der Waals surface area contributed by atoms with Gasteiger partial charge in [-0.1, -0.05) is 23.7 Å². The maximum absolute atomic E-state index is 12.7. The van der Waals surface area contributed by atoms with Crippen LogP contribution >= 0.6 is 11.6 Å². The molecule has 6 nitrogen and oxygen atoms in total. The third kappa shape index (κ3) is 4.11. The molecule has 0 aliphatic carbocycles. The van der Waals surface area contributed by atoms with Crippen LogP contribution < -0.4 is 10.2 Å². The second kappa shape index (κ2) is 8.40. The third-order valence-corrected chi connectivity index (χ3v) is 5.91. The fourth-order valence-corrected chi connectivity index (χ4v) is 4.21. The summed E-state index contributed by atoms with van der Waals surface area (Å²) in [5, 5.41) is 4.62. The van der Waals surface area contributed by atoms with Crippen molar-refractivity contribution in [1.29, 1.82) is 0 Å². The molecule has 0 bridgehead atoms. The van der Waals surface area contributed by atoms with Crippen LogP contribution in [0.2, 0.25) is 5.15 Å². The number of hydrogen-bond donors (Lipinski definition) is 1. The molecule has 5 rings (SSSR count). The predicted octanol–water partition coefficient (Wildman–Crippen LogP) is 4.94. The lowest BCUT2D eigenvalue weighted by molar-refractivity contribution is 0.0931. The van der Waals surface area contributed by atoms with Crippen LogP contribution in [-0.4, -0.2) is 35.0 Å². The number of halogens is 1. The number of pyridine rings is 2. The minimum atomic E-state index is -0.0496. The molecule has 1 fully saturated rings. The first-order valence-electron chi connectivity index (χ1n) is 10.3. The molecule has 1 N–H and O–H groups in total. The van der Waals surface area contributed by atoms with E-state index < -0.39 is 0 Å². The van der Waals surface area contributed by atoms with E-state index in [2.05, 4.69) is 20.2 Å². The number of piperidine rings is 1. The van der Waals surface area contributed by atoms with Crippen LogP contribution in [0.4, 0.5) is 5.69 Å². The van der Waals surface area contributed by atoms with Crippen molar-refractivity contribution in [1.82, 2.24) is 15.3 Å². The van der Waals surface area contributed by atoms with Crippen LogP contribution in [0.15, 0.2) is 71.6 Å². The summed E-state index contributed by atoms with van der Waals surface area (Å²) in [6.07, 6.45) is 6.88. The fourth-order valence-electron chi connectivity index (χ4n) is 4.04. The monoisotopic (exact) mass is 432 g/mol. The zero-order valence-electron chi connectivity index (χ0n) is 16.8. The van der Waals surface area contributed by atoms with Crippen molar-refractivity contribution >= 4 is 34.2 Å². The molecule has 1 amide bonds. The Morgan fingerprint density at radius 2 is 1.81 bits per heavy atom. The minimum absolute atomic E-state index is 0.0496. The normalized spacial score (nSPS) is 14.7. The van der Waals surface area contributed by atoms with Crippen molar-refractivity contribution < 1.29 is 9.21 Å². The Morgan fingerprint density at radius 3 is 2.58 bits per heavy atom. The number of aromatic nitrogens is 2. The average Bonchev–Trinajstić information content (AvgIpc) is 3.29. The average molecular weight is 433 g/mol. The first kappa shape index (κ1) is 19.6. The molecule has 31 heavy (non-hydrogen) atoms. The number of benzene rings is 1. The largest absolute Gasteiger partial charge is 0.464 e. The molecule has 1 aromatic carbocycles. The van der Waals surface area contributed by atoms with Crippen LogP contribution in [0.5, 0.6) is 0 Å². The first-order valence-corrected chi connectivity index (χ1v) is 10.7. The molecule has 156 valence electrons. The molecule has 7 heteroatoms. The van der Waals surface area contributed by atoms with Gasteiger partial charge in [0.25, 0.3) is 5.91 Å². The predicted molar refractivity (Wildman–Crippen MR) is 121 cm³/mol. The summed E-state index contributed by atoms with van der Waals surface area (Å²) in [4.78, 5) is 23.5. The number of fused-ring (bicyclic) bond motifs is 1. The SMILES string of the molecule is O=C(NC1CCN(c2ccnc(Cl)c2)CC1)c1ccc(-c2nccc3occc23)cc1. The summed E-state index contributed by atoms with van der Waals surface area (Å²) in [6.45, 7) is 1.73. The van der Waals surface area contributed by atoms with E-state index in [1.807, 2.05) is 48.5 Å². The summed E-state index contributed by atoms with van der Waals surface area (Å²) in [6, 6.07) is 15.3. The zero-order valence-corrected chi connectivity index (χ0v) is 17.5. The van der Waals surface area contributed by atoms with Gasteiger partial charge in [0, 0.05) is 53.7 Å². The van der Waals surface area contributed by atoms with Crippen molar-refractivity contribution in [2.75, 3.05) is 18.0 Å². The Bertz CT molecular complexity index is 1210. The second-order valence-corrected chi connectivity index (χ2v) is 8.03. The zero-order chi connectivity index (χ0) is 21.2. The summed E-state index contributed by atoms with van der Waals surface area (Å²) >= 11 is 6.00. The molecule has 1 aliphatic rings. The summed E-state index contributed by atoms with van der Waals surface area (Å²) in [5.41, 5.74) is 4.31. The van der Waals surface area contributed by atoms with E-state index in [0.29, 0.717) is 10.7 Å². The maximum Gasteiger partial charge on any atom is 0.251 e. The topological polar surface area (TPSA) is 71.3 Å². The van der Waals surface area contributed by atoms with E-state index in [1.54, 1.807) is 18.7 Å². The van der Waals surface area contributed by atoms with Gasteiger partial charge in [-0.25, -0.2) is 4.98 Å². The van der Waals surface area contributed by atoms with E-state index in [-0.39, 0.29) is 11.9 Å². The van der Waals surface area contributed by atoms with Crippen molar-refractivity contribution in [2.45, 2.75) is 18.9 Å². The van der Waals surface area contributed by atoms with Crippen molar-refractivity contribution in [3.05, 3.63) is 77.9 Å². The van der Waals surface area contributed by atoms with Gasteiger partial charge < -0.3 is 14.6 Å². The molecule has 3 aromatic heterocycles. The van der Waals surface area contributed by atoms with E-state index >= 15 is 0 Å². The number of rotatable bonds is 4. The van der Waals surface area contributed by atoms with Crippen molar-refractivity contribution in [3.63, 3.8) is 0 Å². The Balaban J connectivity index is 1.22. The molecule has 0 unspecified atom stereocenters. The van der Waals surface area contributed by atoms with Crippen LogP contribution in [-0.2, 0) is 0 Å². The van der Waals surface area contributed by atoms with Gasteiger partial charge in [0.1, 0.15) is 10.7 Å². The third-order valence-electron chi connectivity index (χ3n) is 5.71. The number of hydrogen-bond acceptors (Lipinski definition) is 5. The van der Waals surface area contributed by atoms with Crippen molar-refractivity contribution in [3.8, 4) is 11.3 Å². The molecule has 0 atom stereocenters. The van der Waals surface area contributed by atoms with Gasteiger partial charge in [0.05, 0.1) is 12.0 Å². The van der Waals surface area contributed by atoms with Gasteiger partial charge in [-0.2, -0.15) is 0 Å². The summed E-state index contributed by atoms with van der Waals surface area (Å²) < 4.78 is 5.45. The highest BCUT2D eigenvalue weighted by Gasteiger charge is 2.21. The summed E-state index contributed by atoms with van der Waals surface area (Å²) in [5.74, 6) is -0.0496. The van der Waals surface area contributed by atoms with Crippen LogP contribution in [0.1, 0.15) is 23.2 Å². The quantitative estimate of drug-likeness (QED) is 0.462. The maximum atomic E-state index is 12.7. The lowest BCUT2D eigenvalue weighted by Crippen LogP contribution is -2.44. The number of nitrogens with one attached hydrogen (secondary N) is 1. The van der Waals surface area contributed by atoms with Gasteiger partial charge >= 0.3 is 0 Å². The summed E-state index contributed by atoms with van der Waals surface area (Å²) in [7, 11) is 0. The van der Waals surface area contributed by atoms with Gasteiger partial charge in [-0.05, 0) is 49.2 Å². The van der Waals surface area contributed by atoms with Gasteiger partial charge in [0.15, 0.2) is 0 Å². The molecule has 4 aromatic rings. The lowest BCUT2D eigenvalue weighted by Gasteiger charge is -2.34. The Morgan fingerprint density at radius 1 is 1.03 bits per heavy atom. The van der Waals surface area contributed by atoms with Crippen LogP contribution in [0, 0.1) is 0 Å². The number of nitrogens with zero attached hydrogens (tertiary/aromatic N) is 3. The van der Waals surface area contributed by atoms with E-state index in [1.165, 1.54) is 0 Å². The molecular weight excluding hydrogens is 412 g/mol. The Labute approximate surface area is 184 Å². The number of carbonyl (C=O) groups is 1. The van der Waals surface area contributed by atoms with E-state index in [9.17, 15) is 4.79 Å². The van der Waals surface area contributed by atoms with Crippen LogP contribution in [0.3, 0.4) is 0 Å². The molecule has 4 heterocycles. The molecule has 0 saturated carbocycles. The molecule has 0 radical (unpaired) electrons. The van der Waals surface area contributed by atoms with E-state index in [0.717, 1.165) is 53.8 Å². The molecule has 1 aliphatic heterocycles. The van der Waals surface area contributed by atoms with Crippen molar-refractivity contribution in [2.24, 2.45) is 0 Å². The molecule has 0 spiro atoms. The van der Waals surface area contributed by atoms with Gasteiger partial charge in [-0.3, -0.25) is 9.78 Å². The Hall–Kier alpha value is -3.38. The molecule has 1 saturated heterocycles. The highest BCUT2D eigenvalue weighted by molar-refractivity contribution is 6.29. The number of furan rings is 1. The van der Waals surface area contributed by atoms with E-state index in [4.69, 9.17) is 16.0 Å². The Kier molecular flexibility index (Phi) is 5.30. The number of carbonyl (C=O) groups excluding carboxylic acids is 1. The lowest BCUT2D eigenvalue weighted by atomic mass is 10.0.